The molecule has 2 fully saturated rings. The van der Waals surface area contributed by atoms with Crippen LogP contribution in [0, 0.1) is 0 Å². The second-order valence-electron chi connectivity index (χ2n) is 6.08. The zero-order valence-electron chi connectivity index (χ0n) is 12.9. The third kappa shape index (κ3) is 3.48. The van der Waals surface area contributed by atoms with Gasteiger partial charge < -0.3 is 20.2 Å². The van der Waals surface area contributed by atoms with Gasteiger partial charge in [-0.3, -0.25) is 0 Å². The van der Waals surface area contributed by atoms with E-state index in [9.17, 15) is 14.7 Å². The fourth-order valence-electron chi connectivity index (χ4n) is 3.52. The molecule has 0 aromatic rings. The lowest BCUT2D eigenvalue weighted by Crippen LogP contribution is -2.56. The molecule has 2 N–H and O–H groups in total. The van der Waals surface area contributed by atoms with Gasteiger partial charge in [-0.15, -0.1) is 0 Å². The Morgan fingerprint density at radius 3 is 2.48 bits per heavy atom. The standard InChI is InChI=1S/C15H27N3O3/c1-2-15(13(19)20)7-6-11-18(15)14(21)16-8-12-17-9-4-3-5-10-17/h2-12H2,1H3,(H,16,21)(H,19,20). The van der Waals surface area contributed by atoms with Crippen molar-refractivity contribution in [2.75, 3.05) is 32.7 Å². The number of aliphatic carboxylic acids is 1. The number of urea groups is 1. The fraction of sp³-hybridized carbons (Fsp3) is 0.867. The first-order valence-electron chi connectivity index (χ1n) is 8.11. The number of hydrogen-bond acceptors (Lipinski definition) is 3. The Labute approximate surface area is 126 Å². The van der Waals surface area contributed by atoms with Gasteiger partial charge in [0, 0.05) is 19.6 Å². The molecule has 1 atom stereocenters. The highest BCUT2D eigenvalue weighted by Gasteiger charge is 2.48. The number of nitrogens with one attached hydrogen (secondary N) is 1. The maximum atomic E-state index is 12.3. The molecule has 0 aliphatic carbocycles. The van der Waals surface area contributed by atoms with Crippen molar-refractivity contribution in [2.24, 2.45) is 0 Å². The zero-order chi connectivity index (χ0) is 15.3. The van der Waals surface area contributed by atoms with Gasteiger partial charge in [0.15, 0.2) is 0 Å². The Balaban J connectivity index is 1.83. The van der Waals surface area contributed by atoms with Gasteiger partial charge in [0.1, 0.15) is 5.54 Å². The number of likely N-dealkylation sites (tertiary alicyclic amines) is 2. The zero-order valence-corrected chi connectivity index (χ0v) is 12.9. The minimum absolute atomic E-state index is 0.228. The van der Waals surface area contributed by atoms with Crippen LogP contribution in [0.5, 0.6) is 0 Å². The molecule has 6 heteroatoms. The van der Waals surface area contributed by atoms with Crippen molar-refractivity contribution in [3.8, 4) is 0 Å². The summed E-state index contributed by atoms with van der Waals surface area (Å²) in [4.78, 5) is 27.7. The van der Waals surface area contributed by atoms with Gasteiger partial charge in [0.25, 0.3) is 0 Å². The molecule has 2 aliphatic heterocycles. The monoisotopic (exact) mass is 297 g/mol. The van der Waals surface area contributed by atoms with E-state index in [1.165, 1.54) is 24.2 Å². The molecule has 2 saturated heterocycles. The SMILES string of the molecule is CCC1(C(=O)O)CCCN1C(=O)NCCN1CCCCC1. The number of piperidine rings is 1. The Hall–Kier alpha value is -1.30. The van der Waals surface area contributed by atoms with Gasteiger partial charge in [-0.05, 0) is 45.2 Å². The lowest BCUT2D eigenvalue weighted by Gasteiger charge is -2.34. The van der Waals surface area contributed by atoms with Crippen LogP contribution in [-0.2, 0) is 4.79 Å². The smallest absolute Gasteiger partial charge is 0.329 e. The number of carbonyl (C=O) groups excluding carboxylic acids is 1. The van der Waals surface area contributed by atoms with E-state index < -0.39 is 11.5 Å². The summed E-state index contributed by atoms with van der Waals surface area (Å²) >= 11 is 0. The van der Waals surface area contributed by atoms with Crippen molar-refractivity contribution in [1.29, 1.82) is 0 Å². The Kier molecular flexibility index (Phi) is 5.45. The fourth-order valence-corrected chi connectivity index (χ4v) is 3.52. The molecule has 0 aromatic carbocycles. The molecular weight excluding hydrogens is 270 g/mol. The predicted molar refractivity (Wildman–Crippen MR) is 80.3 cm³/mol. The first-order chi connectivity index (χ1) is 10.1. The largest absolute Gasteiger partial charge is 0.479 e. The summed E-state index contributed by atoms with van der Waals surface area (Å²) < 4.78 is 0. The Bertz CT molecular complexity index is 382. The molecule has 1 unspecified atom stereocenters. The summed E-state index contributed by atoms with van der Waals surface area (Å²) in [6.07, 6.45) is 5.55. The summed E-state index contributed by atoms with van der Waals surface area (Å²) in [7, 11) is 0. The number of hydrogen-bond donors (Lipinski definition) is 2. The number of nitrogens with zero attached hydrogens (tertiary/aromatic N) is 2. The molecule has 0 spiro atoms. The van der Waals surface area contributed by atoms with E-state index in [0.29, 0.717) is 25.9 Å². The number of carboxylic acid groups (broad SMARTS) is 1. The van der Waals surface area contributed by atoms with E-state index in [4.69, 9.17) is 0 Å². The van der Waals surface area contributed by atoms with E-state index in [0.717, 1.165) is 26.1 Å². The van der Waals surface area contributed by atoms with Gasteiger partial charge >= 0.3 is 12.0 Å². The Morgan fingerprint density at radius 1 is 1.14 bits per heavy atom. The second-order valence-corrected chi connectivity index (χ2v) is 6.08. The van der Waals surface area contributed by atoms with Crippen LogP contribution >= 0.6 is 0 Å². The van der Waals surface area contributed by atoms with Gasteiger partial charge in [0.2, 0.25) is 0 Å². The first kappa shape index (κ1) is 16.1. The van der Waals surface area contributed by atoms with E-state index in [1.807, 2.05) is 6.92 Å². The van der Waals surface area contributed by atoms with Gasteiger partial charge in [0.05, 0.1) is 0 Å². The number of carbonyl (C=O) groups is 2. The van der Waals surface area contributed by atoms with E-state index >= 15 is 0 Å². The van der Waals surface area contributed by atoms with Crippen molar-refractivity contribution in [3.63, 3.8) is 0 Å². The summed E-state index contributed by atoms with van der Waals surface area (Å²) in [5.41, 5.74) is -1.00. The topological polar surface area (TPSA) is 72.9 Å². The highest BCUT2D eigenvalue weighted by atomic mass is 16.4. The first-order valence-corrected chi connectivity index (χ1v) is 8.11. The summed E-state index contributed by atoms with van der Waals surface area (Å²) in [5, 5.41) is 12.4. The van der Waals surface area contributed by atoms with Crippen molar-refractivity contribution in [2.45, 2.75) is 51.0 Å². The Morgan fingerprint density at radius 2 is 1.86 bits per heavy atom. The molecule has 2 aliphatic rings. The minimum Gasteiger partial charge on any atom is -0.479 e. The van der Waals surface area contributed by atoms with Crippen LogP contribution in [0.4, 0.5) is 4.79 Å². The molecule has 21 heavy (non-hydrogen) atoms. The molecule has 120 valence electrons. The van der Waals surface area contributed by atoms with Crippen molar-refractivity contribution in [1.82, 2.24) is 15.1 Å². The highest BCUT2D eigenvalue weighted by Crippen LogP contribution is 2.32. The second kappa shape index (κ2) is 7.11. The van der Waals surface area contributed by atoms with Crippen LogP contribution < -0.4 is 5.32 Å². The molecule has 0 saturated carbocycles. The van der Waals surface area contributed by atoms with Crippen LogP contribution in [0.1, 0.15) is 45.4 Å². The third-order valence-corrected chi connectivity index (χ3v) is 4.87. The lowest BCUT2D eigenvalue weighted by molar-refractivity contribution is -0.148. The van der Waals surface area contributed by atoms with Crippen molar-refractivity contribution < 1.29 is 14.7 Å². The van der Waals surface area contributed by atoms with Crippen LogP contribution in [-0.4, -0.2) is 65.2 Å². The highest BCUT2D eigenvalue weighted by molar-refractivity contribution is 5.87. The van der Waals surface area contributed by atoms with E-state index in [-0.39, 0.29) is 6.03 Å². The number of amides is 2. The molecule has 2 amide bonds. The van der Waals surface area contributed by atoms with Crippen LogP contribution in [0.15, 0.2) is 0 Å². The predicted octanol–water partition coefficient (Wildman–Crippen LogP) is 1.51. The van der Waals surface area contributed by atoms with Crippen LogP contribution in [0.3, 0.4) is 0 Å². The lowest BCUT2D eigenvalue weighted by atomic mass is 9.93. The maximum absolute atomic E-state index is 12.3. The molecular formula is C15H27N3O3. The minimum atomic E-state index is -1.00. The molecule has 6 nitrogen and oxygen atoms in total. The molecule has 2 rings (SSSR count). The summed E-state index contributed by atoms with van der Waals surface area (Å²) in [6.45, 7) is 6.03. The molecule has 0 radical (unpaired) electrons. The third-order valence-electron chi connectivity index (χ3n) is 4.87. The number of carboxylic acids is 1. The van der Waals surface area contributed by atoms with Crippen molar-refractivity contribution in [3.05, 3.63) is 0 Å². The summed E-state index contributed by atoms with van der Waals surface area (Å²) in [6, 6.07) is -0.228. The van der Waals surface area contributed by atoms with Gasteiger partial charge in [-0.25, -0.2) is 9.59 Å². The summed E-state index contributed by atoms with van der Waals surface area (Å²) in [5.74, 6) is -0.881. The van der Waals surface area contributed by atoms with Gasteiger partial charge in [-0.1, -0.05) is 13.3 Å². The molecule has 0 bridgehead atoms. The molecule has 2 heterocycles. The average Bonchev–Trinajstić information content (AvgIpc) is 2.93. The normalized spacial score (nSPS) is 26.8. The van der Waals surface area contributed by atoms with Crippen LogP contribution in [0.2, 0.25) is 0 Å². The maximum Gasteiger partial charge on any atom is 0.329 e. The van der Waals surface area contributed by atoms with Crippen molar-refractivity contribution >= 4 is 12.0 Å². The quantitative estimate of drug-likeness (QED) is 0.807. The van der Waals surface area contributed by atoms with E-state index in [1.54, 1.807) is 0 Å². The van der Waals surface area contributed by atoms with Gasteiger partial charge in [-0.2, -0.15) is 0 Å². The van der Waals surface area contributed by atoms with Crippen LogP contribution in [0.25, 0.3) is 0 Å². The number of rotatable bonds is 5. The molecule has 0 aromatic heterocycles. The van der Waals surface area contributed by atoms with E-state index in [2.05, 4.69) is 10.2 Å². The average molecular weight is 297 g/mol.